The van der Waals surface area contributed by atoms with E-state index in [-0.39, 0.29) is 24.4 Å². The molecule has 3 rings (SSSR count). The molecule has 1 saturated heterocycles. The molecule has 6 heteroatoms. The lowest BCUT2D eigenvalue weighted by Gasteiger charge is -2.15. The molecule has 0 unspecified atom stereocenters. The average Bonchev–Trinajstić information content (AvgIpc) is 3.22. The third kappa shape index (κ3) is 3.04. The van der Waals surface area contributed by atoms with Crippen molar-refractivity contribution in [1.29, 1.82) is 0 Å². The van der Waals surface area contributed by atoms with Gasteiger partial charge in [-0.15, -0.1) is 0 Å². The van der Waals surface area contributed by atoms with Gasteiger partial charge in [0.25, 0.3) is 5.91 Å². The summed E-state index contributed by atoms with van der Waals surface area (Å²) >= 11 is 0. The maximum Gasteiger partial charge on any atom is 0.308 e. The molecule has 2 heterocycles. The lowest BCUT2D eigenvalue weighted by atomic mass is 9.89. The second-order valence-corrected chi connectivity index (χ2v) is 6.45. The first kappa shape index (κ1) is 16.2. The molecular formula is C18H21N3O3. The number of rotatable bonds is 4. The highest BCUT2D eigenvalue weighted by molar-refractivity contribution is 5.93. The maximum absolute atomic E-state index is 12.7. The first-order valence-corrected chi connectivity index (χ1v) is 8.09. The van der Waals surface area contributed by atoms with Crippen molar-refractivity contribution in [2.75, 3.05) is 13.1 Å². The minimum atomic E-state index is -0.869. The van der Waals surface area contributed by atoms with Crippen molar-refractivity contribution in [3.8, 4) is 0 Å². The molecule has 1 N–H and O–H groups in total. The van der Waals surface area contributed by atoms with Crippen LogP contribution in [-0.2, 0) is 4.79 Å². The minimum absolute atomic E-state index is 0.175. The van der Waals surface area contributed by atoms with Gasteiger partial charge in [-0.1, -0.05) is 30.3 Å². The number of carboxylic acid groups (broad SMARTS) is 1. The van der Waals surface area contributed by atoms with Crippen LogP contribution in [0.2, 0.25) is 0 Å². The summed E-state index contributed by atoms with van der Waals surface area (Å²) < 4.78 is 1.73. The SMILES string of the molecule is CC(C)n1ccc(C(=O)N2C[C@H](C(=O)O)[C@H](c3ccccc3)C2)n1. The van der Waals surface area contributed by atoms with E-state index >= 15 is 0 Å². The largest absolute Gasteiger partial charge is 0.481 e. The highest BCUT2D eigenvalue weighted by Crippen LogP contribution is 2.33. The van der Waals surface area contributed by atoms with Crippen LogP contribution >= 0.6 is 0 Å². The van der Waals surface area contributed by atoms with E-state index in [0.717, 1.165) is 5.56 Å². The number of hydrogen-bond donors (Lipinski definition) is 1. The monoisotopic (exact) mass is 327 g/mol. The van der Waals surface area contributed by atoms with Gasteiger partial charge in [0.1, 0.15) is 5.69 Å². The Morgan fingerprint density at radius 1 is 1.17 bits per heavy atom. The summed E-state index contributed by atoms with van der Waals surface area (Å²) in [6.07, 6.45) is 1.78. The van der Waals surface area contributed by atoms with E-state index < -0.39 is 11.9 Å². The fourth-order valence-electron chi connectivity index (χ4n) is 3.16. The van der Waals surface area contributed by atoms with Crippen LogP contribution in [0.1, 0.15) is 41.9 Å². The number of nitrogens with zero attached hydrogens (tertiary/aromatic N) is 3. The van der Waals surface area contributed by atoms with E-state index in [1.165, 1.54) is 0 Å². The Hall–Kier alpha value is -2.63. The molecule has 1 aliphatic heterocycles. The number of hydrogen-bond acceptors (Lipinski definition) is 3. The normalized spacial score (nSPS) is 20.5. The van der Waals surface area contributed by atoms with E-state index in [0.29, 0.717) is 12.2 Å². The molecule has 1 aliphatic rings. The van der Waals surface area contributed by atoms with Gasteiger partial charge in [0, 0.05) is 31.2 Å². The molecule has 6 nitrogen and oxygen atoms in total. The number of carboxylic acids is 1. The zero-order valence-corrected chi connectivity index (χ0v) is 13.8. The Kier molecular flexibility index (Phi) is 4.38. The molecule has 24 heavy (non-hydrogen) atoms. The molecule has 1 aromatic heterocycles. The first-order chi connectivity index (χ1) is 11.5. The zero-order valence-electron chi connectivity index (χ0n) is 13.8. The molecule has 1 amide bonds. The van der Waals surface area contributed by atoms with Crippen LogP contribution in [0.25, 0.3) is 0 Å². The molecule has 0 aliphatic carbocycles. The molecule has 0 bridgehead atoms. The molecule has 0 saturated carbocycles. The standard InChI is InChI=1S/C18H21N3O3/c1-12(2)21-9-8-16(19-21)17(22)20-10-14(15(11-20)18(23)24)13-6-4-3-5-7-13/h3-9,12,14-15H,10-11H2,1-2H3,(H,23,24)/t14-,15-/m0/s1. The second kappa shape index (κ2) is 6.47. The molecule has 1 aromatic carbocycles. The molecule has 2 aromatic rings. The number of likely N-dealkylation sites (tertiary alicyclic amines) is 1. The molecule has 1 fully saturated rings. The predicted octanol–water partition coefficient (Wildman–Crippen LogP) is 2.40. The van der Waals surface area contributed by atoms with Gasteiger partial charge in [-0.25, -0.2) is 0 Å². The van der Waals surface area contributed by atoms with E-state index in [1.807, 2.05) is 44.2 Å². The van der Waals surface area contributed by atoms with Crippen molar-refractivity contribution in [1.82, 2.24) is 14.7 Å². The first-order valence-electron chi connectivity index (χ1n) is 8.09. The van der Waals surface area contributed by atoms with Gasteiger partial charge in [-0.2, -0.15) is 5.10 Å². The van der Waals surface area contributed by atoms with Crippen LogP contribution in [0, 0.1) is 5.92 Å². The van der Waals surface area contributed by atoms with Crippen LogP contribution in [0.15, 0.2) is 42.6 Å². The lowest BCUT2D eigenvalue weighted by molar-refractivity contribution is -0.141. The molecule has 126 valence electrons. The highest BCUT2D eigenvalue weighted by Gasteiger charge is 2.41. The van der Waals surface area contributed by atoms with Crippen molar-refractivity contribution in [3.63, 3.8) is 0 Å². The fraction of sp³-hybridized carbons (Fsp3) is 0.389. The van der Waals surface area contributed by atoms with Crippen LogP contribution in [0.4, 0.5) is 0 Å². The van der Waals surface area contributed by atoms with Crippen molar-refractivity contribution in [3.05, 3.63) is 53.9 Å². The number of amides is 1. The van der Waals surface area contributed by atoms with E-state index in [9.17, 15) is 14.7 Å². The number of carbonyl (C=O) groups is 2. The van der Waals surface area contributed by atoms with Gasteiger partial charge < -0.3 is 10.0 Å². The van der Waals surface area contributed by atoms with Crippen LogP contribution < -0.4 is 0 Å². The number of benzene rings is 1. The number of aromatic nitrogens is 2. The molecule has 0 spiro atoms. The summed E-state index contributed by atoms with van der Waals surface area (Å²) in [5, 5.41) is 13.8. The quantitative estimate of drug-likeness (QED) is 0.935. The zero-order chi connectivity index (χ0) is 17.3. The van der Waals surface area contributed by atoms with Crippen LogP contribution in [0.5, 0.6) is 0 Å². The van der Waals surface area contributed by atoms with Crippen molar-refractivity contribution >= 4 is 11.9 Å². The Bertz CT molecular complexity index is 739. The average molecular weight is 327 g/mol. The topological polar surface area (TPSA) is 75.4 Å². The summed E-state index contributed by atoms with van der Waals surface area (Å²) in [5.41, 5.74) is 1.31. The Labute approximate surface area is 140 Å². The van der Waals surface area contributed by atoms with Crippen LogP contribution in [0.3, 0.4) is 0 Å². The summed E-state index contributed by atoms with van der Waals surface area (Å²) in [5.74, 6) is -1.87. The van der Waals surface area contributed by atoms with Crippen molar-refractivity contribution in [2.45, 2.75) is 25.8 Å². The van der Waals surface area contributed by atoms with Gasteiger partial charge in [0.2, 0.25) is 0 Å². The molecular weight excluding hydrogens is 306 g/mol. The van der Waals surface area contributed by atoms with Crippen molar-refractivity contribution < 1.29 is 14.7 Å². The Balaban J connectivity index is 1.82. The number of carbonyl (C=O) groups excluding carboxylic acids is 1. The highest BCUT2D eigenvalue weighted by atomic mass is 16.4. The van der Waals surface area contributed by atoms with Gasteiger partial charge in [0.15, 0.2) is 0 Å². The summed E-state index contributed by atoms with van der Waals surface area (Å²) in [4.78, 5) is 25.9. The van der Waals surface area contributed by atoms with Crippen LogP contribution in [-0.4, -0.2) is 44.8 Å². The van der Waals surface area contributed by atoms with E-state index in [1.54, 1.807) is 21.8 Å². The summed E-state index contributed by atoms with van der Waals surface area (Å²) in [6.45, 7) is 4.59. The van der Waals surface area contributed by atoms with Crippen molar-refractivity contribution in [2.24, 2.45) is 5.92 Å². The number of aliphatic carboxylic acids is 1. The van der Waals surface area contributed by atoms with Gasteiger partial charge in [0.05, 0.1) is 5.92 Å². The third-order valence-corrected chi connectivity index (χ3v) is 4.51. The predicted molar refractivity (Wildman–Crippen MR) is 88.8 cm³/mol. The van der Waals surface area contributed by atoms with Gasteiger partial charge >= 0.3 is 5.97 Å². The fourth-order valence-corrected chi connectivity index (χ4v) is 3.16. The smallest absolute Gasteiger partial charge is 0.308 e. The maximum atomic E-state index is 12.7. The van der Waals surface area contributed by atoms with E-state index in [4.69, 9.17) is 0 Å². The summed E-state index contributed by atoms with van der Waals surface area (Å²) in [7, 11) is 0. The summed E-state index contributed by atoms with van der Waals surface area (Å²) in [6, 6.07) is 11.4. The molecule has 0 radical (unpaired) electrons. The van der Waals surface area contributed by atoms with Gasteiger partial charge in [-0.3, -0.25) is 14.3 Å². The second-order valence-electron chi connectivity index (χ2n) is 6.45. The Morgan fingerprint density at radius 3 is 2.46 bits per heavy atom. The Morgan fingerprint density at radius 2 is 1.88 bits per heavy atom. The minimum Gasteiger partial charge on any atom is -0.481 e. The lowest BCUT2D eigenvalue weighted by Crippen LogP contribution is -2.30. The molecule has 2 atom stereocenters. The van der Waals surface area contributed by atoms with E-state index in [2.05, 4.69) is 5.10 Å². The third-order valence-electron chi connectivity index (χ3n) is 4.51. The van der Waals surface area contributed by atoms with Gasteiger partial charge in [-0.05, 0) is 25.5 Å².